The molecule has 0 rings (SSSR count). The number of unbranched alkanes of at least 4 members (excludes halogenated alkanes) is 1. The van der Waals surface area contributed by atoms with Crippen molar-refractivity contribution in [2.45, 2.75) is 26.7 Å². The highest BCUT2D eigenvalue weighted by Gasteiger charge is 2.19. The van der Waals surface area contributed by atoms with Crippen molar-refractivity contribution in [2.75, 3.05) is 45.6 Å². The second-order valence-corrected chi connectivity index (χ2v) is 5.90. The van der Waals surface area contributed by atoms with Gasteiger partial charge in [0.25, 0.3) is 0 Å². The lowest BCUT2D eigenvalue weighted by atomic mass is 10.3. The zero-order valence-corrected chi connectivity index (χ0v) is 12.1. The zero-order valence-electron chi connectivity index (χ0n) is 11.2. The number of likely N-dealkylation sites (N-methyl/N-ethyl adjacent to an activating group) is 1. The monoisotopic (exact) mass is 266 g/mol. The van der Waals surface area contributed by atoms with E-state index in [1.54, 1.807) is 0 Å². The summed E-state index contributed by atoms with van der Waals surface area (Å²) in [7, 11) is -1.24. The fourth-order valence-electron chi connectivity index (χ4n) is 1.52. The number of hydrogen-bond donors (Lipinski definition) is 1. The first-order valence-corrected chi connectivity index (χ1v) is 7.89. The van der Waals surface area contributed by atoms with Crippen molar-refractivity contribution >= 4 is 10.0 Å². The van der Waals surface area contributed by atoms with Crippen LogP contribution in [-0.4, -0.2) is 58.4 Å². The Morgan fingerprint density at radius 1 is 1.24 bits per heavy atom. The average Bonchev–Trinajstić information content (AvgIpc) is 2.30. The Balaban J connectivity index is 4.04. The SMILES string of the molecule is CCOCCN(CC)S(=O)(=O)CCCCNC. The minimum absolute atomic E-state index is 0.231. The first-order valence-electron chi connectivity index (χ1n) is 6.28. The summed E-state index contributed by atoms with van der Waals surface area (Å²) in [6.07, 6.45) is 1.59. The predicted octanol–water partition coefficient (Wildman–Crippen LogP) is 0.674. The highest BCUT2D eigenvalue weighted by atomic mass is 32.2. The van der Waals surface area contributed by atoms with Gasteiger partial charge in [0.1, 0.15) is 0 Å². The first-order chi connectivity index (χ1) is 8.08. The lowest BCUT2D eigenvalue weighted by Crippen LogP contribution is -2.35. The molecule has 0 spiro atoms. The molecule has 5 nitrogen and oxygen atoms in total. The van der Waals surface area contributed by atoms with Gasteiger partial charge in [0, 0.05) is 19.7 Å². The van der Waals surface area contributed by atoms with Crippen molar-refractivity contribution in [1.82, 2.24) is 9.62 Å². The summed E-state index contributed by atoms with van der Waals surface area (Å²) in [5.74, 6) is 0.231. The summed E-state index contributed by atoms with van der Waals surface area (Å²) in [4.78, 5) is 0. The minimum Gasteiger partial charge on any atom is -0.380 e. The molecule has 1 N–H and O–H groups in total. The van der Waals surface area contributed by atoms with E-state index in [1.165, 1.54) is 4.31 Å². The topological polar surface area (TPSA) is 58.6 Å². The van der Waals surface area contributed by atoms with Gasteiger partial charge in [0.15, 0.2) is 0 Å². The van der Waals surface area contributed by atoms with Gasteiger partial charge in [-0.3, -0.25) is 0 Å². The van der Waals surface area contributed by atoms with Gasteiger partial charge in [-0.2, -0.15) is 4.31 Å². The molecule has 0 heterocycles. The molecule has 0 aromatic carbocycles. The fourth-order valence-corrected chi connectivity index (χ4v) is 3.09. The van der Waals surface area contributed by atoms with Crippen molar-refractivity contribution in [2.24, 2.45) is 0 Å². The maximum Gasteiger partial charge on any atom is 0.214 e. The van der Waals surface area contributed by atoms with Crippen LogP contribution < -0.4 is 5.32 Å². The number of nitrogens with zero attached hydrogens (tertiary/aromatic N) is 1. The molecule has 0 saturated carbocycles. The molecule has 104 valence electrons. The van der Waals surface area contributed by atoms with Crippen molar-refractivity contribution in [3.63, 3.8) is 0 Å². The van der Waals surface area contributed by atoms with E-state index in [-0.39, 0.29) is 5.75 Å². The van der Waals surface area contributed by atoms with Crippen LogP contribution in [0.5, 0.6) is 0 Å². The zero-order chi connectivity index (χ0) is 13.1. The van der Waals surface area contributed by atoms with Gasteiger partial charge in [0.2, 0.25) is 10.0 Å². The molecule has 0 amide bonds. The molecule has 0 aliphatic heterocycles. The van der Waals surface area contributed by atoms with E-state index in [0.717, 1.165) is 13.0 Å². The molecule has 0 aliphatic rings. The molecule has 0 radical (unpaired) electrons. The van der Waals surface area contributed by atoms with Gasteiger partial charge in [-0.15, -0.1) is 0 Å². The van der Waals surface area contributed by atoms with E-state index in [4.69, 9.17) is 4.74 Å². The van der Waals surface area contributed by atoms with E-state index in [0.29, 0.717) is 32.7 Å². The Morgan fingerprint density at radius 2 is 1.94 bits per heavy atom. The molecule has 0 bridgehead atoms. The van der Waals surface area contributed by atoms with Crippen LogP contribution in [0.3, 0.4) is 0 Å². The summed E-state index contributed by atoms with van der Waals surface area (Å²) >= 11 is 0. The molecular weight excluding hydrogens is 240 g/mol. The largest absolute Gasteiger partial charge is 0.380 e. The molecule has 0 aromatic rings. The van der Waals surface area contributed by atoms with Crippen LogP contribution in [0, 0.1) is 0 Å². The molecule has 6 heteroatoms. The maximum atomic E-state index is 12.0. The third-order valence-corrected chi connectivity index (χ3v) is 4.55. The van der Waals surface area contributed by atoms with Crippen molar-refractivity contribution in [3.05, 3.63) is 0 Å². The maximum absolute atomic E-state index is 12.0. The normalized spacial score (nSPS) is 12.2. The molecule has 0 unspecified atom stereocenters. The summed E-state index contributed by atoms with van der Waals surface area (Å²) in [5, 5.41) is 3.01. The quantitative estimate of drug-likeness (QED) is 0.559. The van der Waals surface area contributed by atoms with E-state index in [2.05, 4.69) is 5.32 Å². The van der Waals surface area contributed by atoms with Gasteiger partial charge in [-0.1, -0.05) is 6.92 Å². The smallest absolute Gasteiger partial charge is 0.214 e. The van der Waals surface area contributed by atoms with Crippen LogP contribution in [0.25, 0.3) is 0 Å². The van der Waals surface area contributed by atoms with Crippen LogP contribution in [-0.2, 0) is 14.8 Å². The van der Waals surface area contributed by atoms with E-state index in [9.17, 15) is 8.42 Å². The van der Waals surface area contributed by atoms with E-state index < -0.39 is 10.0 Å². The molecule has 0 atom stereocenters. The Bertz CT molecular complexity index is 268. The van der Waals surface area contributed by atoms with Crippen molar-refractivity contribution in [1.29, 1.82) is 0 Å². The number of ether oxygens (including phenoxy) is 1. The van der Waals surface area contributed by atoms with Crippen LogP contribution in [0.15, 0.2) is 0 Å². The van der Waals surface area contributed by atoms with Crippen LogP contribution in [0.1, 0.15) is 26.7 Å². The third-order valence-electron chi connectivity index (χ3n) is 2.51. The minimum atomic E-state index is -3.11. The summed E-state index contributed by atoms with van der Waals surface area (Å²) < 4.78 is 30.6. The number of nitrogens with one attached hydrogen (secondary N) is 1. The van der Waals surface area contributed by atoms with Gasteiger partial charge >= 0.3 is 0 Å². The Morgan fingerprint density at radius 3 is 2.47 bits per heavy atom. The first kappa shape index (κ1) is 16.8. The summed E-state index contributed by atoms with van der Waals surface area (Å²) in [6.45, 7) is 6.69. The lowest BCUT2D eigenvalue weighted by Gasteiger charge is -2.20. The van der Waals surface area contributed by atoms with Crippen LogP contribution in [0.4, 0.5) is 0 Å². The van der Waals surface area contributed by atoms with E-state index >= 15 is 0 Å². The summed E-state index contributed by atoms with van der Waals surface area (Å²) in [6, 6.07) is 0. The molecule has 0 aliphatic carbocycles. The molecule has 17 heavy (non-hydrogen) atoms. The van der Waals surface area contributed by atoms with Crippen molar-refractivity contribution < 1.29 is 13.2 Å². The summed E-state index contributed by atoms with van der Waals surface area (Å²) in [5.41, 5.74) is 0. The Hall–Kier alpha value is -0.170. The number of hydrogen-bond acceptors (Lipinski definition) is 4. The van der Waals surface area contributed by atoms with Gasteiger partial charge in [-0.25, -0.2) is 8.42 Å². The fraction of sp³-hybridized carbons (Fsp3) is 1.00. The second kappa shape index (κ2) is 9.82. The van der Waals surface area contributed by atoms with E-state index in [1.807, 2.05) is 20.9 Å². The Labute approximate surface area is 106 Å². The molecule has 0 saturated heterocycles. The van der Waals surface area contributed by atoms with Gasteiger partial charge in [0.05, 0.1) is 12.4 Å². The number of sulfonamides is 1. The lowest BCUT2D eigenvalue weighted by molar-refractivity contribution is 0.135. The molecule has 0 aromatic heterocycles. The Kier molecular flexibility index (Phi) is 9.72. The average molecular weight is 266 g/mol. The molecule has 0 fully saturated rings. The molecular formula is C11H26N2O3S. The van der Waals surface area contributed by atoms with Gasteiger partial charge < -0.3 is 10.1 Å². The number of rotatable bonds is 11. The predicted molar refractivity (Wildman–Crippen MR) is 70.7 cm³/mol. The van der Waals surface area contributed by atoms with Crippen molar-refractivity contribution in [3.8, 4) is 0 Å². The van der Waals surface area contributed by atoms with Crippen LogP contribution in [0.2, 0.25) is 0 Å². The highest BCUT2D eigenvalue weighted by Crippen LogP contribution is 2.04. The highest BCUT2D eigenvalue weighted by molar-refractivity contribution is 7.89. The van der Waals surface area contributed by atoms with Gasteiger partial charge in [-0.05, 0) is 33.4 Å². The second-order valence-electron chi connectivity index (χ2n) is 3.82. The third kappa shape index (κ3) is 7.70. The van der Waals surface area contributed by atoms with Crippen LogP contribution >= 0.6 is 0 Å². The standard InChI is InChI=1S/C11H26N2O3S/c1-4-13(9-10-16-5-2)17(14,15)11-7-6-8-12-3/h12H,4-11H2,1-3H3.